The maximum atomic E-state index is 12.5. The Morgan fingerprint density at radius 3 is 2.47 bits per heavy atom. The number of benzene rings is 1. The van der Waals surface area contributed by atoms with Crippen molar-refractivity contribution in [2.75, 3.05) is 36.4 Å². The summed E-state index contributed by atoms with van der Waals surface area (Å²) < 4.78 is 0. The first kappa shape index (κ1) is 20.7. The zero-order valence-corrected chi connectivity index (χ0v) is 17.4. The van der Waals surface area contributed by atoms with E-state index >= 15 is 0 Å². The molecule has 2 heterocycles. The number of amides is 4. The Bertz CT molecular complexity index is 866. The molecule has 1 aromatic rings. The molecule has 4 amide bonds. The molecule has 3 fully saturated rings. The average Bonchev–Trinajstić information content (AvgIpc) is 2.97. The number of hydrogen-bond acceptors (Lipinski definition) is 5. The number of rotatable bonds is 5. The summed E-state index contributed by atoms with van der Waals surface area (Å²) >= 11 is 6.36. The number of nitrogens with zero attached hydrogens (tertiary/aromatic N) is 2. The highest BCUT2D eigenvalue weighted by atomic mass is 35.5. The van der Waals surface area contributed by atoms with Crippen molar-refractivity contribution < 1.29 is 19.2 Å². The molecule has 1 aromatic carbocycles. The second-order valence-electron chi connectivity index (χ2n) is 8.06. The first-order chi connectivity index (χ1) is 14.4. The minimum Gasteiger partial charge on any atom is -0.359 e. The lowest BCUT2D eigenvalue weighted by molar-refractivity contribution is -0.140. The molecule has 160 valence electrons. The molecular formula is C21H25ClN4O4. The fraction of sp³-hybridized carbons (Fsp3) is 0.524. The van der Waals surface area contributed by atoms with E-state index in [2.05, 4.69) is 10.6 Å². The summed E-state index contributed by atoms with van der Waals surface area (Å²) in [6.07, 6.45) is 3.53. The summed E-state index contributed by atoms with van der Waals surface area (Å²) in [5.41, 5.74) is 1.27. The second-order valence-corrected chi connectivity index (χ2v) is 8.47. The van der Waals surface area contributed by atoms with Crippen molar-refractivity contribution >= 4 is 46.6 Å². The third-order valence-corrected chi connectivity index (χ3v) is 6.41. The molecule has 1 aliphatic carbocycles. The van der Waals surface area contributed by atoms with E-state index in [1.807, 2.05) is 4.90 Å². The minimum absolute atomic E-state index is 0.0442. The SMILES string of the molecule is O=C1CN(c2ccc(NC(=O)CCN3C(=O)C4CCCCC4C3=O)cc2Cl)CCN1. The van der Waals surface area contributed by atoms with Gasteiger partial charge in [0.25, 0.3) is 0 Å². The van der Waals surface area contributed by atoms with Crippen LogP contribution in [-0.2, 0) is 19.2 Å². The van der Waals surface area contributed by atoms with Crippen LogP contribution in [0.3, 0.4) is 0 Å². The van der Waals surface area contributed by atoms with Crippen molar-refractivity contribution in [3.05, 3.63) is 23.2 Å². The Hall–Kier alpha value is -2.61. The zero-order valence-electron chi connectivity index (χ0n) is 16.7. The van der Waals surface area contributed by atoms with E-state index in [1.165, 1.54) is 4.90 Å². The predicted octanol–water partition coefficient (Wildman–Crippen LogP) is 1.78. The average molecular weight is 433 g/mol. The van der Waals surface area contributed by atoms with Gasteiger partial charge in [0, 0.05) is 31.7 Å². The van der Waals surface area contributed by atoms with Crippen LogP contribution in [0.2, 0.25) is 5.02 Å². The Labute approximate surface area is 179 Å². The first-order valence-corrected chi connectivity index (χ1v) is 10.8. The fourth-order valence-corrected chi connectivity index (χ4v) is 4.87. The molecule has 2 saturated heterocycles. The van der Waals surface area contributed by atoms with E-state index < -0.39 is 0 Å². The first-order valence-electron chi connectivity index (χ1n) is 10.4. The molecule has 0 radical (unpaired) electrons. The van der Waals surface area contributed by atoms with Crippen molar-refractivity contribution in [3.8, 4) is 0 Å². The third-order valence-electron chi connectivity index (χ3n) is 6.11. The predicted molar refractivity (Wildman–Crippen MR) is 112 cm³/mol. The summed E-state index contributed by atoms with van der Waals surface area (Å²) in [4.78, 5) is 52.1. The molecule has 2 atom stereocenters. The van der Waals surface area contributed by atoms with Gasteiger partial charge in [-0.05, 0) is 31.0 Å². The highest BCUT2D eigenvalue weighted by Crippen LogP contribution is 2.38. The Kier molecular flexibility index (Phi) is 5.94. The molecule has 9 heteroatoms. The number of piperazine rings is 1. The number of likely N-dealkylation sites (tertiary alicyclic amines) is 1. The molecule has 30 heavy (non-hydrogen) atoms. The highest BCUT2D eigenvalue weighted by Gasteiger charge is 2.47. The number of nitrogens with one attached hydrogen (secondary N) is 2. The van der Waals surface area contributed by atoms with Crippen LogP contribution in [0.25, 0.3) is 0 Å². The van der Waals surface area contributed by atoms with Gasteiger partial charge in [-0.1, -0.05) is 24.4 Å². The number of imide groups is 1. The van der Waals surface area contributed by atoms with Gasteiger partial charge in [-0.3, -0.25) is 24.1 Å². The third kappa shape index (κ3) is 4.14. The molecule has 2 unspecified atom stereocenters. The normalized spacial score (nSPS) is 24.0. The molecule has 1 saturated carbocycles. The van der Waals surface area contributed by atoms with E-state index in [9.17, 15) is 19.2 Å². The van der Waals surface area contributed by atoms with Crippen LogP contribution in [0.4, 0.5) is 11.4 Å². The number of hydrogen-bond donors (Lipinski definition) is 2. The van der Waals surface area contributed by atoms with E-state index in [0.29, 0.717) is 23.8 Å². The number of anilines is 2. The van der Waals surface area contributed by atoms with Gasteiger partial charge in [-0.15, -0.1) is 0 Å². The summed E-state index contributed by atoms with van der Waals surface area (Å²) in [6, 6.07) is 5.14. The Morgan fingerprint density at radius 1 is 1.13 bits per heavy atom. The van der Waals surface area contributed by atoms with Gasteiger partial charge in [0.15, 0.2) is 0 Å². The molecule has 0 aromatic heterocycles. The number of fused-ring (bicyclic) bond motifs is 1. The van der Waals surface area contributed by atoms with Gasteiger partial charge in [0.2, 0.25) is 23.6 Å². The van der Waals surface area contributed by atoms with E-state index in [-0.39, 0.29) is 55.0 Å². The molecule has 8 nitrogen and oxygen atoms in total. The summed E-state index contributed by atoms with van der Waals surface area (Å²) in [5.74, 6) is -0.992. The van der Waals surface area contributed by atoms with Crippen LogP contribution in [0.1, 0.15) is 32.1 Å². The maximum absolute atomic E-state index is 12.5. The highest BCUT2D eigenvalue weighted by molar-refractivity contribution is 6.33. The molecule has 0 bridgehead atoms. The lowest BCUT2D eigenvalue weighted by Gasteiger charge is -2.29. The summed E-state index contributed by atoms with van der Waals surface area (Å²) in [6.45, 7) is 1.57. The van der Waals surface area contributed by atoms with Gasteiger partial charge in [0.05, 0.1) is 29.1 Å². The van der Waals surface area contributed by atoms with Crippen LogP contribution in [0.15, 0.2) is 18.2 Å². The molecular weight excluding hydrogens is 408 g/mol. The van der Waals surface area contributed by atoms with Crippen LogP contribution in [0, 0.1) is 11.8 Å². The molecule has 2 N–H and O–H groups in total. The van der Waals surface area contributed by atoms with Crippen molar-refractivity contribution in [2.24, 2.45) is 11.8 Å². The summed E-state index contributed by atoms with van der Waals surface area (Å²) in [5, 5.41) is 5.97. The molecule has 2 aliphatic heterocycles. The molecule has 3 aliphatic rings. The molecule has 0 spiro atoms. The maximum Gasteiger partial charge on any atom is 0.239 e. The van der Waals surface area contributed by atoms with Crippen LogP contribution >= 0.6 is 11.6 Å². The van der Waals surface area contributed by atoms with Crippen LogP contribution in [0.5, 0.6) is 0 Å². The van der Waals surface area contributed by atoms with Gasteiger partial charge >= 0.3 is 0 Å². The number of carbonyl (C=O) groups excluding carboxylic acids is 4. The van der Waals surface area contributed by atoms with E-state index in [1.54, 1.807) is 18.2 Å². The van der Waals surface area contributed by atoms with Crippen molar-refractivity contribution in [1.82, 2.24) is 10.2 Å². The number of halogens is 1. The fourth-order valence-electron chi connectivity index (χ4n) is 4.57. The lowest BCUT2D eigenvalue weighted by atomic mass is 9.81. The van der Waals surface area contributed by atoms with Crippen molar-refractivity contribution in [1.29, 1.82) is 0 Å². The monoisotopic (exact) mass is 432 g/mol. The standard InChI is InChI=1S/C21H25ClN4O4/c22-16-11-13(5-6-17(16)25-10-8-23-19(28)12-25)24-18(27)7-9-26-20(29)14-3-1-2-4-15(14)21(26)30/h5-6,11,14-15H,1-4,7-10,12H2,(H,23,28)(H,24,27). The zero-order chi connectivity index (χ0) is 21.3. The summed E-state index contributed by atoms with van der Waals surface area (Å²) in [7, 11) is 0. The van der Waals surface area contributed by atoms with Crippen LogP contribution in [-0.4, -0.2) is 54.7 Å². The second kappa shape index (κ2) is 8.63. The van der Waals surface area contributed by atoms with Crippen molar-refractivity contribution in [3.63, 3.8) is 0 Å². The van der Waals surface area contributed by atoms with E-state index in [4.69, 9.17) is 11.6 Å². The lowest BCUT2D eigenvalue weighted by Crippen LogP contribution is -2.47. The van der Waals surface area contributed by atoms with Gasteiger partial charge < -0.3 is 15.5 Å². The van der Waals surface area contributed by atoms with Gasteiger partial charge in [-0.25, -0.2) is 0 Å². The van der Waals surface area contributed by atoms with E-state index in [0.717, 1.165) is 31.4 Å². The quantitative estimate of drug-likeness (QED) is 0.691. The Morgan fingerprint density at radius 2 is 1.83 bits per heavy atom. The van der Waals surface area contributed by atoms with Crippen molar-refractivity contribution in [2.45, 2.75) is 32.1 Å². The smallest absolute Gasteiger partial charge is 0.239 e. The largest absolute Gasteiger partial charge is 0.359 e. The van der Waals surface area contributed by atoms with Gasteiger partial charge in [-0.2, -0.15) is 0 Å². The van der Waals surface area contributed by atoms with Gasteiger partial charge in [0.1, 0.15) is 0 Å². The minimum atomic E-state index is -0.286. The van der Waals surface area contributed by atoms with Crippen LogP contribution < -0.4 is 15.5 Å². The Balaban J connectivity index is 1.33. The topological polar surface area (TPSA) is 98.8 Å². The molecule has 4 rings (SSSR count). The number of carbonyl (C=O) groups is 4.